The van der Waals surface area contributed by atoms with E-state index in [-0.39, 0.29) is 36.6 Å². The van der Waals surface area contributed by atoms with E-state index in [2.05, 4.69) is 26.6 Å². The summed E-state index contributed by atoms with van der Waals surface area (Å²) in [4.78, 5) is 50.2. The van der Waals surface area contributed by atoms with Crippen LogP contribution >= 0.6 is 0 Å². The molecule has 0 spiro atoms. The van der Waals surface area contributed by atoms with E-state index >= 15 is 0 Å². The molecule has 1 aliphatic heterocycles. The van der Waals surface area contributed by atoms with E-state index in [0.717, 1.165) is 13.0 Å². The molecule has 1 aliphatic rings. The molecule has 12 heteroatoms. The molecule has 0 aliphatic carbocycles. The predicted molar refractivity (Wildman–Crippen MR) is 131 cm³/mol. The highest BCUT2D eigenvalue weighted by Gasteiger charge is 2.25. The number of anilines is 1. The molecule has 1 saturated heterocycles. The highest BCUT2D eigenvalue weighted by atomic mass is 16.4. The average molecular weight is 486 g/mol. The number of hydrogen-bond acceptors (Lipinski definition) is 7. The summed E-state index contributed by atoms with van der Waals surface area (Å²) in [6.45, 7) is 2.48. The molecule has 8 N–H and O–H groups in total. The third kappa shape index (κ3) is 7.03. The van der Waals surface area contributed by atoms with Crippen molar-refractivity contribution in [2.75, 3.05) is 25.0 Å². The molecule has 0 bridgehead atoms. The molecule has 1 aromatic heterocycles. The van der Waals surface area contributed by atoms with E-state index in [1.165, 1.54) is 0 Å². The second-order valence-corrected chi connectivity index (χ2v) is 8.34. The lowest BCUT2D eigenvalue weighted by Crippen LogP contribution is -2.50. The van der Waals surface area contributed by atoms with Gasteiger partial charge >= 0.3 is 5.63 Å². The quantitative estimate of drug-likeness (QED) is 0.103. The zero-order chi connectivity index (χ0) is 25.4. The Hall–Kier alpha value is -3.93. The molecular formula is C23H31N7O5. The lowest BCUT2D eigenvalue weighted by molar-refractivity contribution is -0.128. The van der Waals surface area contributed by atoms with Gasteiger partial charge in [-0.1, -0.05) is 18.2 Å². The van der Waals surface area contributed by atoms with Crippen molar-refractivity contribution in [1.82, 2.24) is 21.3 Å². The molecule has 3 rings (SSSR count). The second kappa shape index (κ2) is 12.0. The fourth-order valence-electron chi connectivity index (χ4n) is 3.90. The average Bonchev–Trinajstić information content (AvgIpc) is 3.37. The number of carbonyl (C=O) groups excluding carboxylic acids is 3. The van der Waals surface area contributed by atoms with Gasteiger partial charge in [0.2, 0.25) is 17.7 Å². The van der Waals surface area contributed by atoms with Crippen molar-refractivity contribution in [3.8, 4) is 0 Å². The maximum absolute atomic E-state index is 13.1. The van der Waals surface area contributed by atoms with Crippen LogP contribution < -0.4 is 37.9 Å². The molecule has 3 amide bonds. The number of carbonyl (C=O) groups is 3. The van der Waals surface area contributed by atoms with Gasteiger partial charge in [-0.15, -0.1) is 0 Å². The van der Waals surface area contributed by atoms with Crippen LogP contribution in [0.4, 0.5) is 5.69 Å². The van der Waals surface area contributed by atoms with E-state index in [1.54, 1.807) is 31.2 Å². The molecular weight excluding hydrogens is 454 g/mol. The summed E-state index contributed by atoms with van der Waals surface area (Å²) in [5.74, 6) is -1.62. The van der Waals surface area contributed by atoms with Crippen LogP contribution in [0.25, 0.3) is 11.0 Å². The van der Waals surface area contributed by atoms with Crippen molar-refractivity contribution >= 4 is 40.3 Å². The first-order valence-electron chi connectivity index (χ1n) is 11.5. The lowest BCUT2D eigenvalue weighted by Gasteiger charge is -2.20. The Morgan fingerprint density at radius 2 is 2.03 bits per heavy atom. The number of para-hydroxylation sites is 1. The van der Waals surface area contributed by atoms with Crippen molar-refractivity contribution in [1.29, 1.82) is 5.41 Å². The van der Waals surface area contributed by atoms with Crippen LogP contribution in [0.1, 0.15) is 31.2 Å². The van der Waals surface area contributed by atoms with E-state index in [9.17, 15) is 19.2 Å². The summed E-state index contributed by atoms with van der Waals surface area (Å²) >= 11 is 0. The van der Waals surface area contributed by atoms with Crippen molar-refractivity contribution in [3.63, 3.8) is 0 Å². The molecule has 12 nitrogen and oxygen atoms in total. The highest BCUT2D eigenvalue weighted by Crippen LogP contribution is 2.22. The van der Waals surface area contributed by atoms with Crippen molar-refractivity contribution in [2.24, 2.45) is 5.73 Å². The normalized spacial score (nSPS) is 15.9. The highest BCUT2D eigenvalue weighted by molar-refractivity contribution is 5.99. The Bertz CT molecular complexity index is 1160. The van der Waals surface area contributed by atoms with Gasteiger partial charge in [0.25, 0.3) is 0 Å². The zero-order valence-corrected chi connectivity index (χ0v) is 19.5. The molecule has 2 atom stereocenters. The smallest absolute Gasteiger partial charge is 0.360 e. The topological polar surface area (TPSA) is 191 Å². The van der Waals surface area contributed by atoms with Crippen LogP contribution in [0.3, 0.4) is 0 Å². The fraction of sp³-hybridized carbons (Fsp3) is 0.435. The van der Waals surface area contributed by atoms with E-state index in [1.807, 2.05) is 0 Å². The molecule has 35 heavy (non-hydrogen) atoms. The van der Waals surface area contributed by atoms with E-state index in [4.69, 9.17) is 15.6 Å². The summed E-state index contributed by atoms with van der Waals surface area (Å²) < 4.78 is 5.32. The maximum Gasteiger partial charge on any atom is 0.360 e. The Labute approximate surface area is 201 Å². The number of nitrogens with two attached hydrogens (primary N) is 1. The zero-order valence-electron chi connectivity index (χ0n) is 19.5. The van der Waals surface area contributed by atoms with Crippen molar-refractivity contribution in [3.05, 3.63) is 40.2 Å². The van der Waals surface area contributed by atoms with Crippen LogP contribution in [0.15, 0.2) is 33.5 Å². The fourth-order valence-corrected chi connectivity index (χ4v) is 3.90. The summed E-state index contributed by atoms with van der Waals surface area (Å²) in [5.41, 5.74) is 5.53. The van der Waals surface area contributed by atoms with E-state index in [0.29, 0.717) is 35.9 Å². The molecule has 2 aromatic rings. The van der Waals surface area contributed by atoms with Crippen LogP contribution in [0.2, 0.25) is 0 Å². The maximum atomic E-state index is 13.1. The second-order valence-electron chi connectivity index (χ2n) is 8.34. The van der Waals surface area contributed by atoms with E-state index < -0.39 is 23.5 Å². The minimum atomic E-state index is -0.997. The van der Waals surface area contributed by atoms with Crippen molar-refractivity contribution < 1.29 is 18.8 Å². The summed E-state index contributed by atoms with van der Waals surface area (Å²) in [6, 6.07) is 5.65. The van der Waals surface area contributed by atoms with Gasteiger partial charge in [-0.05, 0) is 50.8 Å². The summed E-state index contributed by atoms with van der Waals surface area (Å²) in [5, 5.41) is 21.4. The molecule has 1 fully saturated rings. The number of guanidine groups is 1. The van der Waals surface area contributed by atoms with Gasteiger partial charge in [0.1, 0.15) is 17.3 Å². The summed E-state index contributed by atoms with van der Waals surface area (Å²) in [6.07, 6.45) is 2.20. The molecule has 0 radical (unpaired) electrons. The van der Waals surface area contributed by atoms with Gasteiger partial charge in [0.15, 0.2) is 5.96 Å². The number of amides is 3. The Morgan fingerprint density at radius 3 is 2.74 bits per heavy atom. The van der Waals surface area contributed by atoms with Crippen molar-refractivity contribution in [2.45, 2.75) is 44.7 Å². The molecule has 2 heterocycles. The van der Waals surface area contributed by atoms with Crippen LogP contribution in [0.5, 0.6) is 0 Å². The third-order valence-electron chi connectivity index (χ3n) is 5.76. The minimum absolute atomic E-state index is 0.00424. The van der Waals surface area contributed by atoms with Gasteiger partial charge in [-0.3, -0.25) is 19.8 Å². The molecule has 1 aromatic carbocycles. The van der Waals surface area contributed by atoms with Crippen LogP contribution in [0, 0.1) is 12.3 Å². The van der Waals surface area contributed by atoms with Gasteiger partial charge in [0, 0.05) is 11.9 Å². The number of aryl methyl sites for hydroxylation is 1. The van der Waals surface area contributed by atoms with Gasteiger partial charge in [-0.2, -0.15) is 0 Å². The lowest BCUT2D eigenvalue weighted by atomic mass is 10.1. The Balaban J connectivity index is 1.68. The SMILES string of the molecule is Cc1c(NC(=O)C(CCCNC(=N)N)NC(=O)CNC(=O)C2CCCN2)c(=O)oc2ccccc12. The third-order valence-corrected chi connectivity index (χ3v) is 5.76. The molecule has 2 unspecified atom stereocenters. The first-order chi connectivity index (χ1) is 16.8. The Morgan fingerprint density at radius 1 is 1.26 bits per heavy atom. The predicted octanol–water partition coefficient (Wildman–Crippen LogP) is -0.344. The number of fused-ring (bicyclic) bond motifs is 1. The Kier molecular flexibility index (Phi) is 8.79. The first kappa shape index (κ1) is 25.7. The number of nitrogens with one attached hydrogen (secondary N) is 6. The first-order valence-corrected chi connectivity index (χ1v) is 11.5. The van der Waals surface area contributed by atoms with Gasteiger partial charge < -0.3 is 36.7 Å². The van der Waals surface area contributed by atoms with Crippen LogP contribution in [-0.2, 0) is 14.4 Å². The summed E-state index contributed by atoms with van der Waals surface area (Å²) in [7, 11) is 0. The number of rotatable bonds is 10. The number of benzene rings is 1. The molecule has 0 saturated carbocycles. The van der Waals surface area contributed by atoms with Crippen LogP contribution in [-0.4, -0.2) is 55.4 Å². The van der Waals surface area contributed by atoms with Gasteiger partial charge in [0.05, 0.1) is 12.6 Å². The monoisotopic (exact) mass is 485 g/mol. The number of hydrogen-bond donors (Lipinski definition) is 7. The standard InChI is InChI=1S/C23H31N7O5/c1-13-14-6-2-3-9-17(14)35-22(34)19(13)30-21(33)16(8-5-11-27-23(24)25)29-18(31)12-28-20(32)15-7-4-10-26-15/h2-3,6,9,15-16,26H,4-5,7-8,10-12H2,1H3,(H,28,32)(H,29,31)(H,30,33)(H4,24,25,27). The largest absolute Gasteiger partial charge is 0.421 e. The minimum Gasteiger partial charge on any atom is -0.421 e. The van der Waals surface area contributed by atoms with Gasteiger partial charge in [-0.25, -0.2) is 4.79 Å². The molecule has 188 valence electrons.